The smallest absolute Gasteiger partial charge is 0.307 e. The van der Waals surface area contributed by atoms with Crippen LogP contribution in [0, 0.1) is 0 Å². The molecule has 1 unspecified atom stereocenters. The van der Waals surface area contributed by atoms with Crippen LogP contribution < -0.4 is 5.32 Å². The maximum atomic E-state index is 11.4. The van der Waals surface area contributed by atoms with E-state index >= 15 is 0 Å². The molecule has 0 spiro atoms. The van der Waals surface area contributed by atoms with Crippen molar-refractivity contribution in [3.8, 4) is 0 Å². The molecule has 3 heteroatoms. The van der Waals surface area contributed by atoms with Crippen LogP contribution in [0.4, 0.5) is 0 Å². The third-order valence-corrected chi connectivity index (χ3v) is 3.02. The average Bonchev–Trinajstić information content (AvgIpc) is 2.76. The van der Waals surface area contributed by atoms with E-state index in [2.05, 4.69) is 12.2 Å². The van der Waals surface area contributed by atoms with E-state index in [1.165, 1.54) is 25.7 Å². The Labute approximate surface area is 98.9 Å². The molecule has 0 aromatic rings. The molecule has 0 bridgehead atoms. The van der Waals surface area contributed by atoms with E-state index < -0.39 is 0 Å². The molecule has 1 fully saturated rings. The number of unbranched alkanes of at least 4 members (excludes halogenated alkanes) is 5. The molecule has 0 saturated carbocycles. The van der Waals surface area contributed by atoms with Gasteiger partial charge in [-0.05, 0) is 25.8 Å². The summed E-state index contributed by atoms with van der Waals surface area (Å²) in [7, 11) is 0. The van der Waals surface area contributed by atoms with Crippen molar-refractivity contribution in [2.45, 2.75) is 70.9 Å². The van der Waals surface area contributed by atoms with Gasteiger partial charge in [0.05, 0.1) is 0 Å². The number of ether oxygens (including phenoxy) is 1. The minimum Gasteiger partial charge on any atom is -0.447 e. The minimum atomic E-state index is -0.0325. The van der Waals surface area contributed by atoms with E-state index in [9.17, 15) is 4.79 Å². The van der Waals surface area contributed by atoms with Crippen molar-refractivity contribution in [1.82, 2.24) is 5.32 Å². The number of esters is 1. The van der Waals surface area contributed by atoms with Crippen LogP contribution in [0.3, 0.4) is 0 Å². The van der Waals surface area contributed by atoms with Crippen molar-refractivity contribution in [1.29, 1.82) is 0 Å². The maximum absolute atomic E-state index is 11.4. The van der Waals surface area contributed by atoms with Crippen molar-refractivity contribution in [2.75, 3.05) is 6.54 Å². The first-order valence-corrected chi connectivity index (χ1v) is 6.76. The standard InChI is InChI=1S/C13H25NO2/c1-2-3-4-5-6-7-10-13(15)16-12-9-8-11-14-12/h12,14H,2-11H2,1H3. The van der Waals surface area contributed by atoms with E-state index in [1.54, 1.807) is 0 Å². The molecule has 1 rings (SSSR count). The number of carbonyl (C=O) groups excluding carboxylic acids is 1. The van der Waals surface area contributed by atoms with Crippen molar-refractivity contribution in [2.24, 2.45) is 0 Å². The summed E-state index contributed by atoms with van der Waals surface area (Å²) in [6.07, 6.45) is 9.96. The zero-order chi connectivity index (χ0) is 11.6. The highest BCUT2D eigenvalue weighted by atomic mass is 16.6. The van der Waals surface area contributed by atoms with E-state index in [1.807, 2.05) is 0 Å². The number of nitrogens with one attached hydrogen (secondary N) is 1. The summed E-state index contributed by atoms with van der Waals surface area (Å²) in [6.45, 7) is 3.20. The molecule has 0 aromatic heterocycles. The molecule has 1 N–H and O–H groups in total. The van der Waals surface area contributed by atoms with Crippen LogP contribution in [0.25, 0.3) is 0 Å². The lowest BCUT2D eigenvalue weighted by molar-refractivity contribution is -0.149. The van der Waals surface area contributed by atoms with Crippen LogP contribution >= 0.6 is 0 Å². The van der Waals surface area contributed by atoms with Crippen LogP contribution in [0.1, 0.15) is 64.7 Å². The first kappa shape index (κ1) is 13.5. The minimum absolute atomic E-state index is 0.00686. The van der Waals surface area contributed by atoms with E-state index in [0.717, 1.165) is 32.2 Å². The predicted octanol–water partition coefficient (Wildman–Crippen LogP) is 2.99. The van der Waals surface area contributed by atoms with Gasteiger partial charge >= 0.3 is 5.97 Å². The Morgan fingerprint density at radius 1 is 1.25 bits per heavy atom. The summed E-state index contributed by atoms with van der Waals surface area (Å²) >= 11 is 0. The van der Waals surface area contributed by atoms with Gasteiger partial charge in [-0.15, -0.1) is 0 Å². The number of rotatable bonds is 8. The molecule has 94 valence electrons. The van der Waals surface area contributed by atoms with Crippen molar-refractivity contribution in [3.63, 3.8) is 0 Å². The number of hydrogen-bond donors (Lipinski definition) is 1. The first-order valence-electron chi connectivity index (χ1n) is 6.76. The van der Waals surface area contributed by atoms with Gasteiger partial charge in [-0.2, -0.15) is 0 Å². The van der Waals surface area contributed by atoms with Gasteiger partial charge in [0.15, 0.2) is 6.23 Å². The van der Waals surface area contributed by atoms with Gasteiger partial charge in [-0.1, -0.05) is 39.0 Å². The summed E-state index contributed by atoms with van der Waals surface area (Å²) in [5.74, 6) is -0.0325. The summed E-state index contributed by atoms with van der Waals surface area (Å²) in [5, 5.41) is 3.16. The molecular weight excluding hydrogens is 202 g/mol. The zero-order valence-electron chi connectivity index (χ0n) is 10.5. The molecule has 1 aliphatic rings. The second-order valence-corrected chi connectivity index (χ2v) is 4.59. The lowest BCUT2D eigenvalue weighted by Crippen LogP contribution is -2.27. The fourth-order valence-corrected chi connectivity index (χ4v) is 2.02. The highest BCUT2D eigenvalue weighted by Crippen LogP contribution is 2.10. The molecule has 1 atom stereocenters. The first-order chi connectivity index (χ1) is 7.83. The second kappa shape index (κ2) is 8.57. The summed E-state index contributed by atoms with van der Waals surface area (Å²) in [4.78, 5) is 11.4. The van der Waals surface area contributed by atoms with E-state index in [4.69, 9.17) is 4.74 Å². The molecule has 1 aliphatic heterocycles. The van der Waals surface area contributed by atoms with Crippen molar-refractivity contribution in [3.05, 3.63) is 0 Å². The van der Waals surface area contributed by atoms with Crippen molar-refractivity contribution >= 4 is 5.97 Å². The summed E-state index contributed by atoms with van der Waals surface area (Å²) < 4.78 is 5.29. The Morgan fingerprint density at radius 2 is 2.00 bits per heavy atom. The average molecular weight is 227 g/mol. The lowest BCUT2D eigenvalue weighted by Gasteiger charge is -2.11. The molecule has 3 nitrogen and oxygen atoms in total. The molecular formula is C13H25NO2. The van der Waals surface area contributed by atoms with Gasteiger partial charge in [0.1, 0.15) is 0 Å². The van der Waals surface area contributed by atoms with Gasteiger partial charge in [0.25, 0.3) is 0 Å². The topological polar surface area (TPSA) is 38.3 Å². The third kappa shape index (κ3) is 6.11. The molecule has 0 aromatic carbocycles. The van der Waals surface area contributed by atoms with Crippen LogP contribution in [0.5, 0.6) is 0 Å². The molecule has 1 saturated heterocycles. The van der Waals surface area contributed by atoms with Gasteiger partial charge in [0.2, 0.25) is 0 Å². The van der Waals surface area contributed by atoms with Crippen LogP contribution in [-0.4, -0.2) is 18.7 Å². The summed E-state index contributed by atoms with van der Waals surface area (Å²) in [6, 6.07) is 0. The fourth-order valence-electron chi connectivity index (χ4n) is 2.02. The Bertz CT molecular complexity index is 188. The largest absolute Gasteiger partial charge is 0.447 e. The molecule has 0 aliphatic carbocycles. The van der Waals surface area contributed by atoms with Crippen LogP contribution in [-0.2, 0) is 9.53 Å². The second-order valence-electron chi connectivity index (χ2n) is 4.59. The molecule has 0 radical (unpaired) electrons. The van der Waals surface area contributed by atoms with Crippen LogP contribution in [0.2, 0.25) is 0 Å². The predicted molar refractivity (Wildman–Crippen MR) is 65.1 cm³/mol. The van der Waals surface area contributed by atoms with Crippen LogP contribution in [0.15, 0.2) is 0 Å². The normalized spacial score (nSPS) is 19.9. The third-order valence-electron chi connectivity index (χ3n) is 3.02. The van der Waals surface area contributed by atoms with Gasteiger partial charge in [-0.3, -0.25) is 10.1 Å². The summed E-state index contributed by atoms with van der Waals surface area (Å²) in [5.41, 5.74) is 0. The maximum Gasteiger partial charge on any atom is 0.307 e. The highest BCUT2D eigenvalue weighted by molar-refractivity contribution is 5.69. The molecule has 0 amide bonds. The van der Waals surface area contributed by atoms with Gasteiger partial charge < -0.3 is 4.74 Å². The Kier molecular flexibility index (Phi) is 7.23. The Hall–Kier alpha value is -0.570. The Morgan fingerprint density at radius 3 is 2.69 bits per heavy atom. The lowest BCUT2D eigenvalue weighted by atomic mass is 10.1. The van der Waals surface area contributed by atoms with E-state index in [0.29, 0.717) is 6.42 Å². The molecule has 1 heterocycles. The molecule has 16 heavy (non-hydrogen) atoms. The quantitative estimate of drug-likeness (QED) is 0.512. The highest BCUT2D eigenvalue weighted by Gasteiger charge is 2.17. The number of hydrogen-bond acceptors (Lipinski definition) is 3. The fraction of sp³-hybridized carbons (Fsp3) is 0.923. The number of carbonyl (C=O) groups is 1. The SMILES string of the molecule is CCCCCCCCC(=O)OC1CCCN1. The zero-order valence-corrected chi connectivity index (χ0v) is 10.5. The van der Waals surface area contributed by atoms with Gasteiger partial charge in [0, 0.05) is 6.42 Å². The van der Waals surface area contributed by atoms with Crippen molar-refractivity contribution < 1.29 is 9.53 Å². The monoisotopic (exact) mass is 227 g/mol. The van der Waals surface area contributed by atoms with Gasteiger partial charge in [-0.25, -0.2) is 0 Å². The van der Waals surface area contributed by atoms with E-state index in [-0.39, 0.29) is 12.2 Å². The Balaban J connectivity index is 1.89.